The van der Waals surface area contributed by atoms with Gasteiger partial charge in [-0.25, -0.2) is 4.39 Å². The normalized spacial score (nSPS) is 20.5. The predicted octanol–water partition coefficient (Wildman–Crippen LogP) is 3.27. The monoisotopic (exact) mass is 382 g/mol. The number of rotatable bonds is 6. The summed E-state index contributed by atoms with van der Waals surface area (Å²) in [7, 11) is 0. The summed E-state index contributed by atoms with van der Waals surface area (Å²) in [6.45, 7) is 6.41. The van der Waals surface area contributed by atoms with Gasteiger partial charge >= 0.3 is 0 Å². The zero-order chi connectivity index (χ0) is 19.5. The Labute approximate surface area is 164 Å². The SMILES string of the molecule is C[C@H]1CN(CCN)CC[C@H]1Oc1nc2ccccc2n1Cc1ccc(F)cc1. The molecule has 2 N–H and O–H groups in total. The molecule has 2 atom stereocenters. The van der Waals surface area contributed by atoms with E-state index >= 15 is 0 Å². The van der Waals surface area contributed by atoms with E-state index < -0.39 is 0 Å². The van der Waals surface area contributed by atoms with Gasteiger partial charge in [0.1, 0.15) is 11.9 Å². The third kappa shape index (κ3) is 4.03. The van der Waals surface area contributed by atoms with Crippen LogP contribution in [0.2, 0.25) is 0 Å². The van der Waals surface area contributed by atoms with Gasteiger partial charge in [-0.05, 0) is 36.2 Å². The molecule has 3 aromatic rings. The van der Waals surface area contributed by atoms with Crippen LogP contribution in [0.3, 0.4) is 0 Å². The van der Waals surface area contributed by atoms with Crippen LogP contribution in [0.15, 0.2) is 48.5 Å². The van der Waals surface area contributed by atoms with Crippen LogP contribution in [0.1, 0.15) is 18.9 Å². The van der Waals surface area contributed by atoms with Crippen molar-refractivity contribution in [2.75, 3.05) is 26.2 Å². The minimum atomic E-state index is -0.228. The fourth-order valence-electron chi connectivity index (χ4n) is 3.98. The van der Waals surface area contributed by atoms with E-state index in [0.717, 1.165) is 42.7 Å². The lowest BCUT2D eigenvalue weighted by Gasteiger charge is -2.36. The number of aromatic nitrogens is 2. The number of imidazole rings is 1. The van der Waals surface area contributed by atoms with Crippen molar-refractivity contribution in [3.63, 3.8) is 0 Å². The molecule has 1 fully saturated rings. The quantitative estimate of drug-likeness (QED) is 0.711. The van der Waals surface area contributed by atoms with Crippen molar-refractivity contribution in [1.82, 2.24) is 14.5 Å². The summed E-state index contributed by atoms with van der Waals surface area (Å²) in [6, 6.07) is 15.3. The number of halogens is 1. The molecule has 6 heteroatoms. The first-order chi connectivity index (χ1) is 13.6. The summed E-state index contributed by atoms with van der Waals surface area (Å²) in [5, 5.41) is 0. The van der Waals surface area contributed by atoms with Crippen molar-refractivity contribution >= 4 is 11.0 Å². The highest BCUT2D eigenvalue weighted by Crippen LogP contribution is 2.27. The molecule has 1 aliphatic heterocycles. The Balaban J connectivity index is 1.59. The summed E-state index contributed by atoms with van der Waals surface area (Å²) in [5.41, 5.74) is 8.65. The Bertz CT molecular complexity index is 924. The van der Waals surface area contributed by atoms with Crippen LogP contribution >= 0.6 is 0 Å². The third-order valence-electron chi connectivity index (χ3n) is 5.49. The average Bonchev–Trinajstić information content (AvgIpc) is 3.03. The molecule has 0 bridgehead atoms. The van der Waals surface area contributed by atoms with Gasteiger partial charge in [-0.1, -0.05) is 31.2 Å². The van der Waals surface area contributed by atoms with Gasteiger partial charge in [-0.3, -0.25) is 4.57 Å². The van der Waals surface area contributed by atoms with Gasteiger partial charge in [-0.15, -0.1) is 0 Å². The highest BCUT2D eigenvalue weighted by Gasteiger charge is 2.28. The topological polar surface area (TPSA) is 56.3 Å². The smallest absolute Gasteiger partial charge is 0.297 e. The number of hydrogen-bond donors (Lipinski definition) is 1. The molecule has 0 amide bonds. The van der Waals surface area contributed by atoms with Crippen LogP contribution in [0.25, 0.3) is 11.0 Å². The lowest BCUT2D eigenvalue weighted by atomic mass is 9.96. The Kier molecular flexibility index (Phi) is 5.59. The van der Waals surface area contributed by atoms with Crippen molar-refractivity contribution in [2.24, 2.45) is 11.7 Å². The van der Waals surface area contributed by atoms with Crippen LogP contribution < -0.4 is 10.5 Å². The molecule has 0 saturated carbocycles. The number of likely N-dealkylation sites (tertiary alicyclic amines) is 1. The van der Waals surface area contributed by atoms with Crippen LogP contribution in [-0.4, -0.2) is 46.7 Å². The molecule has 28 heavy (non-hydrogen) atoms. The van der Waals surface area contributed by atoms with E-state index in [9.17, 15) is 4.39 Å². The zero-order valence-corrected chi connectivity index (χ0v) is 16.2. The van der Waals surface area contributed by atoms with Gasteiger partial charge in [0.15, 0.2) is 0 Å². The van der Waals surface area contributed by atoms with Gasteiger partial charge in [0, 0.05) is 32.1 Å². The highest BCUT2D eigenvalue weighted by molar-refractivity contribution is 5.76. The van der Waals surface area contributed by atoms with E-state index in [4.69, 9.17) is 15.5 Å². The highest BCUT2D eigenvalue weighted by atomic mass is 19.1. The lowest BCUT2D eigenvalue weighted by Crippen LogP contribution is -2.46. The molecule has 1 aromatic heterocycles. The molecule has 0 radical (unpaired) electrons. The van der Waals surface area contributed by atoms with Gasteiger partial charge in [0.2, 0.25) is 0 Å². The number of fused-ring (bicyclic) bond motifs is 1. The molecule has 0 unspecified atom stereocenters. The molecule has 4 rings (SSSR count). The van der Waals surface area contributed by atoms with E-state index in [0.29, 0.717) is 25.0 Å². The van der Waals surface area contributed by atoms with Gasteiger partial charge < -0.3 is 15.4 Å². The van der Waals surface area contributed by atoms with Crippen LogP contribution in [0.5, 0.6) is 6.01 Å². The first-order valence-corrected chi connectivity index (χ1v) is 9.93. The molecule has 0 spiro atoms. The Morgan fingerprint density at radius 1 is 1.18 bits per heavy atom. The second-order valence-electron chi connectivity index (χ2n) is 7.61. The first-order valence-electron chi connectivity index (χ1n) is 9.93. The average molecular weight is 382 g/mol. The molecule has 1 aliphatic rings. The van der Waals surface area contributed by atoms with E-state index in [1.807, 2.05) is 36.4 Å². The fraction of sp³-hybridized carbons (Fsp3) is 0.409. The number of benzene rings is 2. The first kappa shape index (κ1) is 18.9. The number of para-hydroxylation sites is 2. The fourth-order valence-corrected chi connectivity index (χ4v) is 3.98. The van der Waals surface area contributed by atoms with Crippen LogP contribution in [0, 0.1) is 11.7 Å². The number of hydrogen-bond acceptors (Lipinski definition) is 4. The molecule has 148 valence electrons. The number of piperidine rings is 1. The summed E-state index contributed by atoms with van der Waals surface area (Å²) in [6.07, 6.45) is 1.08. The number of nitrogens with zero attached hydrogens (tertiary/aromatic N) is 3. The van der Waals surface area contributed by atoms with E-state index in [2.05, 4.69) is 16.4 Å². The molecule has 5 nitrogen and oxygen atoms in total. The van der Waals surface area contributed by atoms with Crippen molar-refractivity contribution in [3.05, 3.63) is 59.9 Å². The number of ether oxygens (including phenoxy) is 1. The molecular formula is C22H27FN4O. The number of nitrogens with two attached hydrogens (primary N) is 1. The van der Waals surface area contributed by atoms with Gasteiger partial charge in [0.05, 0.1) is 17.6 Å². The van der Waals surface area contributed by atoms with Crippen LogP contribution in [0.4, 0.5) is 4.39 Å². The maximum absolute atomic E-state index is 13.3. The molecule has 1 saturated heterocycles. The second-order valence-corrected chi connectivity index (χ2v) is 7.61. The maximum Gasteiger partial charge on any atom is 0.297 e. The standard InChI is InChI=1S/C22H27FN4O/c1-16-14-26(13-11-24)12-10-21(16)28-22-25-19-4-2-3-5-20(19)27(22)15-17-6-8-18(23)9-7-17/h2-9,16,21H,10-15,24H2,1H3/t16-,21+/m0/s1. The van der Waals surface area contributed by atoms with Crippen LogP contribution in [-0.2, 0) is 6.54 Å². The van der Waals surface area contributed by atoms with Crippen molar-refractivity contribution in [3.8, 4) is 6.01 Å². The largest absolute Gasteiger partial charge is 0.461 e. The minimum absolute atomic E-state index is 0.123. The third-order valence-corrected chi connectivity index (χ3v) is 5.49. The zero-order valence-electron chi connectivity index (χ0n) is 16.2. The Hall–Kier alpha value is -2.44. The van der Waals surface area contributed by atoms with Crippen molar-refractivity contribution in [2.45, 2.75) is 26.0 Å². The summed E-state index contributed by atoms with van der Waals surface area (Å²) < 4.78 is 21.8. The molecule has 0 aliphatic carbocycles. The molecule has 2 heterocycles. The minimum Gasteiger partial charge on any atom is -0.461 e. The Morgan fingerprint density at radius 3 is 2.71 bits per heavy atom. The van der Waals surface area contributed by atoms with E-state index in [1.54, 1.807) is 0 Å². The summed E-state index contributed by atoms with van der Waals surface area (Å²) in [5.74, 6) is 0.174. The van der Waals surface area contributed by atoms with Gasteiger partial charge in [0.25, 0.3) is 6.01 Å². The summed E-state index contributed by atoms with van der Waals surface area (Å²) in [4.78, 5) is 7.14. The molecular weight excluding hydrogens is 355 g/mol. The maximum atomic E-state index is 13.3. The predicted molar refractivity (Wildman–Crippen MR) is 109 cm³/mol. The van der Waals surface area contributed by atoms with E-state index in [-0.39, 0.29) is 11.9 Å². The van der Waals surface area contributed by atoms with E-state index in [1.165, 1.54) is 12.1 Å². The molecule has 2 aromatic carbocycles. The Morgan fingerprint density at radius 2 is 1.96 bits per heavy atom. The second kappa shape index (κ2) is 8.29. The van der Waals surface area contributed by atoms with Gasteiger partial charge in [-0.2, -0.15) is 4.98 Å². The summed E-state index contributed by atoms with van der Waals surface area (Å²) >= 11 is 0. The van der Waals surface area contributed by atoms with Crippen molar-refractivity contribution in [1.29, 1.82) is 0 Å². The lowest BCUT2D eigenvalue weighted by molar-refractivity contribution is 0.0454. The van der Waals surface area contributed by atoms with Crippen molar-refractivity contribution < 1.29 is 9.13 Å².